The van der Waals surface area contributed by atoms with E-state index in [9.17, 15) is 10.1 Å². The molecular weight excluding hydrogens is 300 g/mol. The summed E-state index contributed by atoms with van der Waals surface area (Å²) in [6, 6.07) is 16.6. The molecule has 0 spiro atoms. The van der Waals surface area contributed by atoms with Crippen LogP contribution in [0.1, 0.15) is 16.8 Å². The highest BCUT2D eigenvalue weighted by Gasteiger charge is 2.10. The second kappa shape index (κ2) is 6.20. The quantitative estimate of drug-likeness (QED) is 0.786. The number of pyridine rings is 2. The van der Waals surface area contributed by atoms with E-state index < -0.39 is 0 Å². The van der Waals surface area contributed by atoms with Crippen LogP contribution in [0.3, 0.4) is 0 Å². The summed E-state index contributed by atoms with van der Waals surface area (Å²) in [4.78, 5) is 18.8. The van der Waals surface area contributed by atoms with Gasteiger partial charge in [-0.1, -0.05) is 24.3 Å². The van der Waals surface area contributed by atoms with Gasteiger partial charge >= 0.3 is 0 Å². The number of rotatable bonds is 2. The fraction of sp³-hybridized carbons (Fsp3) is 0.0526. The Morgan fingerprint density at radius 3 is 2.38 bits per heavy atom. The second-order valence-electron chi connectivity index (χ2n) is 5.30. The van der Waals surface area contributed by atoms with Crippen molar-refractivity contribution in [3.05, 3.63) is 75.8 Å². The molecule has 2 heterocycles. The summed E-state index contributed by atoms with van der Waals surface area (Å²) < 4.78 is 0. The maximum atomic E-state index is 11.9. The molecule has 0 saturated heterocycles. The molecule has 5 heteroatoms. The lowest BCUT2D eigenvalue weighted by atomic mass is 9.99. The van der Waals surface area contributed by atoms with Crippen molar-refractivity contribution in [2.45, 2.75) is 6.92 Å². The van der Waals surface area contributed by atoms with Crippen LogP contribution in [0.4, 0.5) is 0 Å². The zero-order chi connectivity index (χ0) is 17.1. The predicted molar refractivity (Wildman–Crippen MR) is 89.9 cm³/mol. The average molecular weight is 312 g/mol. The van der Waals surface area contributed by atoms with E-state index in [1.54, 1.807) is 31.3 Å². The molecule has 114 valence electrons. The summed E-state index contributed by atoms with van der Waals surface area (Å²) in [6.07, 6.45) is 1.59. The van der Waals surface area contributed by atoms with Gasteiger partial charge in [0.05, 0.1) is 17.3 Å². The predicted octanol–water partition coefficient (Wildman–Crippen LogP) is 3.16. The van der Waals surface area contributed by atoms with Crippen molar-refractivity contribution in [3.63, 3.8) is 0 Å². The molecule has 1 N–H and O–H groups in total. The number of aromatic nitrogens is 2. The van der Waals surface area contributed by atoms with Gasteiger partial charge in [-0.2, -0.15) is 10.5 Å². The summed E-state index contributed by atoms with van der Waals surface area (Å²) in [7, 11) is 0. The standard InChI is InChI=1S/C19H12N4O/c1-12-8-16(17(11-21)19(24)23-12)14-2-4-15(5-3-14)18-9-13(10-20)6-7-22-18/h2-9H,1H3,(H,23,24). The first kappa shape index (κ1) is 15.2. The molecule has 0 atom stereocenters. The van der Waals surface area contributed by atoms with Crippen LogP contribution in [-0.2, 0) is 0 Å². The fourth-order valence-corrected chi connectivity index (χ4v) is 2.51. The molecule has 0 aliphatic carbocycles. The van der Waals surface area contributed by atoms with E-state index in [0.29, 0.717) is 22.5 Å². The van der Waals surface area contributed by atoms with Crippen LogP contribution < -0.4 is 5.56 Å². The number of benzene rings is 1. The minimum Gasteiger partial charge on any atom is -0.325 e. The first-order valence-corrected chi connectivity index (χ1v) is 7.23. The Bertz CT molecular complexity index is 1050. The first-order chi connectivity index (χ1) is 11.6. The number of nitrogens with one attached hydrogen (secondary N) is 1. The molecule has 24 heavy (non-hydrogen) atoms. The van der Waals surface area contributed by atoms with Gasteiger partial charge in [0.1, 0.15) is 11.6 Å². The summed E-state index contributed by atoms with van der Waals surface area (Å²) in [5.41, 5.74) is 3.88. The van der Waals surface area contributed by atoms with Crippen LogP contribution in [0.15, 0.2) is 53.5 Å². The Hall–Kier alpha value is -3.70. The number of aromatic amines is 1. The number of aryl methyl sites for hydroxylation is 1. The number of nitriles is 2. The maximum absolute atomic E-state index is 11.9. The minimum absolute atomic E-state index is 0.0953. The van der Waals surface area contributed by atoms with E-state index >= 15 is 0 Å². The van der Waals surface area contributed by atoms with Crippen molar-refractivity contribution < 1.29 is 0 Å². The molecule has 0 fully saturated rings. The van der Waals surface area contributed by atoms with E-state index in [0.717, 1.165) is 11.1 Å². The molecular formula is C19H12N4O. The number of nitrogens with zero attached hydrogens (tertiary/aromatic N) is 3. The Kier molecular flexibility index (Phi) is 3.93. The lowest BCUT2D eigenvalue weighted by molar-refractivity contribution is 1.13. The highest BCUT2D eigenvalue weighted by atomic mass is 16.1. The maximum Gasteiger partial charge on any atom is 0.266 e. The third kappa shape index (κ3) is 2.79. The Morgan fingerprint density at radius 1 is 1.00 bits per heavy atom. The van der Waals surface area contributed by atoms with Crippen LogP contribution >= 0.6 is 0 Å². The molecule has 0 unspecified atom stereocenters. The van der Waals surface area contributed by atoms with Crippen LogP contribution in [0, 0.1) is 29.6 Å². The smallest absolute Gasteiger partial charge is 0.266 e. The van der Waals surface area contributed by atoms with Gasteiger partial charge in [0.25, 0.3) is 5.56 Å². The number of hydrogen-bond acceptors (Lipinski definition) is 4. The molecule has 0 amide bonds. The van der Waals surface area contributed by atoms with E-state index in [-0.39, 0.29) is 11.1 Å². The van der Waals surface area contributed by atoms with Crippen molar-refractivity contribution in [2.75, 3.05) is 0 Å². The summed E-state index contributed by atoms with van der Waals surface area (Å²) >= 11 is 0. The summed E-state index contributed by atoms with van der Waals surface area (Å²) in [6.45, 7) is 1.78. The Balaban J connectivity index is 2.07. The number of H-pyrrole nitrogens is 1. The molecule has 0 saturated carbocycles. The van der Waals surface area contributed by atoms with Gasteiger partial charge in [0.15, 0.2) is 0 Å². The van der Waals surface area contributed by atoms with Crippen LogP contribution in [0.2, 0.25) is 0 Å². The first-order valence-electron chi connectivity index (χ1n) is 7.23. The van der Waals surface area contributed by atoms with Crippen LogP contribution in [0.25, 0.3) is 22.4 Å². The second-order valence-corrected chi connectivity index (χ2v) is 5.30. The minimum atomic E-state index is -0.389. The van der Waals surface area contributed by atoms with Crippen LogP contribution in [0.5, 0.6) is 0 Å². The van der Waals surface area contributed by atoms with Gasteiger partial charge in [-0.05, 0) is 30.7 Å². The van der Waals surface area contributed by atoms with Crippen molar-refractivity contribution in [3.8, 4) is 34.5 Å². The molecule has 0 bridgehead atoms. The summed E-state index contributed by atoms with van der Waals surface area (Å²) in [5.74, 6) is 0. The number of hydrogen-bond donors (Lipinski definition) is 1. The largest absolute Gasteiger partial charge is 0.325 e. The van der Waals surface area contributed by atoms with Gasteiger partial charge in [-0.3, -0.25) is 9.78 Å². The van der Waals surface area contributed by atoms with E-state index in [1.165, 1.54) is 0 Å². The zero-order valence-corrected chi connectivity index (χ0v) is 12.9. The average Bonchev–Trinajstić information content (AvgIpc) is 2.61. The van der Waals surface area contributed by atoms with Gasteiger partial charge in [0, 0.05) is 23.0 Å². The van der Waals surface area contributed by atoms with Crippen molar-refractivity contribution in [1.29, 1.82) is 10.5 Å². The molecule has 2 aromatic heterocycles. The lowest BCUT2D eigenvalue weighted by Crippen LogP contribution is -2.12. The van der Waals surface area contributed by atoms with E-state index in [1.807, 2.05) is 30.3 Å². The molecule has 0 aliphatic heterocycles. The molecule has 3 rings (SSSR count). The SMILES string of the molecule is Cc1cc(-c2ccc(-c3cc(C#N)ccn3)cc2)c(C#N)c(=O)[nH]1. The molecule has 1 aromatic carbocycles. The summed E-state index contributed by atoms with van der Waals surface area (Å²) in [5, 5.41) is 18.2. The third-order valence-electron chi connectivity index (χ3n) is 3.66. The van der Waals surface area contributed by atoms with Gasteiger partial charge in [-0.15, -0.1) is 0 Å². The topological polar surface area (TPSA) is 93.3 Å². The molecule has 0 radical (unpaired) electrons. The highest BCUT2D eigenvalue weighted by molar-refractivity contribution is 5.73. The van der Waals surface area contributed by atoms with Crippen molar-refractivity contribution in [1.82, 2.24) is 9.97 Å². The Morgan fingerprint density at radius 2 is 1.71 bits per heavy atom. The Labute approximate surface area is 138 Å². The lowest BCUT2D eigenvalue weighted by Gasteiger charge is -2.07. The van der Waals surface area contributed by atoms with Crippen LogP contribution in [-0.4, -0.2) is 9.97 Å². The zero-order valence-electron chi connectivity index (χ0n) is 12.9. The fourth-order valence-electron chi connectivity index (χ4n) is 2.51. The molecule has 5 nitrogen and oxygen atoms in total. The van der Waals surface area contributed by atoms with Gasteiger partial charge in [-0.25, -0.2) is 0 Å². The third-order valence-corrected chi connectivity index (χ3v) is 3.66. The van der Waals surface area contributed by atoms with Gasteiger partial charge < -0.3 is 4.98 Å². The monoisotopic (exact) mass is 312 g/mol. The van der Waals surface area contributed by atoms with Crippen molar-refractivity contribution in [2.24, 2.45) is 0 Å². The normalized spacial score (nSPS) is 9.96. The van der Waals surface area contributed by atoms with Crippen molar-refractivity contribution >= 4 is 0 Å². The molecule has 0 aliphatic rings. The van der Waals surface area contributed by atoms with E-state index in [4.69, 9.17) is 5.26 Å². The highest BCUT2D eigenvalue weighted by Crippen LogP contribution is 2.25. The molecule has 3 aromatic rings. The van der Waals surface area contributed by atoms with Gasteiger partial charge in [0.2, 0.25) is 0 Å². The van der Waals surface area contributed by atoms with E-state index in [2.05, 4.69) is 16.0 Å².